The van der Waals surface area contributed by atoms with Gasteiger partial charge in [0, 0.05) is 29.2 Å². The molecule has 0 fully saturated rings. The Balaban J connectivity index is 1.23. The molecule has 0 saturated carbocycles. The van der Waals surface area contributed by atoms with Crippen molar-refractivity contribution in [3.63, 3.8) is 0 Å². The average Bonchev–Trinajstić information content (AvgIpc) is 2.96. The molecule has 0 aliphatic rings. The van der Waals surface area contributed by atoms with E-state index in [9.17, 15) is 9.59 Å². The van der Waals surface area contributed by atoms with Crippen molar-refractivity contribution in [2.75, 3.05) is 41.8 Å². The van der Waals surface area contributed by atoms with E-state index in [0.29, 0.717) is 31.0 Å². The molecule has 0 saturated heterocycles. The molecule has 0 spiro atoms. The fourth-order valence-electron chi connectivity index (χ4n) is 3.83. The van der Waals surface area contributed by atoms with Crippen molar-refractivity contribution < 1.29 is 19.1 Å². The quantitative estimate of drug-likeness (QED) is 0.234. The van der Waals surface area contributed by atoms with Gasteiger partial charge >= 0.3 is 0 Å². The number of amides is 2. The molecule has 2 amide bonds. The smallest absolute Gasteiger partial charge is 0.258 e. The summed E-state index contributed by atoms with van der Waals surface area (Å²) in [5.74, 6) is 1.18. The number of para-hydroxylation sites is 2. The van der Waals surface area contributed by atoms with Crippen LogP contribution in [0, 0.1) is 0 Å². The van der Waals surface area contributed by atoms with E-state index in [2.05, 4.69) is 10.6 Å². The first kappa shape index (κ1) is 26.3. The molecule has 0 unspecified atom stereocenters. The van der Waals surface area contributed by atoms with Crippen LogP contribution >= 0.6 is 0 Å². The second kappa shape index (κ2) is 13.5. The highest BCUT2D eigenvalue weighted by atomic mass is 16.5. The number of rotatable bonds is 12. The summed E-state index contributed by atoms with van der Waals surface area (Å²) in [4.78, 5) is 27.3. The zero-order chi connectivity index (χ0) is 26.6. The van der Waals surface area contributed by atoms with Gasteiger partial charge in [0.05, 0.1) is 6.54 Å². The molecule has 0 aliphatic heterocycles. The summed E-state index contributed by atoms with van der Waals surface area (Å²) in [6, 6.07) is 33.5. The van der Waals surface area contributed by atoms with Crippen LogP contribution in [0.15, 0.2) is 109 Å². The van der Waals surface area contributed by atoms with Crippen LogP contribution in [-0.2, 0) is 4.79 Å². The highest BCUT2D eigenvalue weighted by molar-refractivity contribution is 6.07. The van der Waals surface area contributed by atoms with Crippen molar-refractivity contribution in [1.29, 1.82) is 0 Å². The summed E-state index contributed by atoms with van der Waals surface area (Å²) < 4.78 is 11.3. The van der Waals surface area contributed by atoms with Gasteiger partial charge in [-0.15, -0.1) is 0 Å². The van der Waals surface area contributed by atoms with Crippen LogP contribution in [0.3, 0.4) is 0 Å². The van der Waals surface area contributed by atoms with E-state index in [1.54, 1.807) is 29.2 Å². The maximum Gasteiger partial charge on any atom is 0.258 e. The Morgan fingerprint density at radius 1 is 0.711 bits per heavy atom. The summed E-state index contributed by atoms with van der Waals surface area (Å²) in [5.41, 5.74) is 2.69. The van der Waals surface area contributed by atoms with Gasteiger partial charge in [0.15, 0.2) is 0 Å². The van der Waals surface area contributed by atoms with Crippen molar-refractivity contribution in [3.8, 4) is 11.5 Å². The van der Waals surface area contributed by atoms with E-state index >= 15 is 0 Å². The van der Waals surface area contributed by atoms with Gasteiger partial charge in [0.1, 0.15) is 24.7 Å². The van der Waals surface area contributed by atoms with Crippen molar-refractivity contribution in [1.82, 2.24) is 0 Å². The minimum atomic E-state index is -0.219. The fraction of sp³-hybridized carbons (Fsp3) is 0.161. The van der Waals surface area contributed by atoms with Gasteiger partial charge in [0.2, 0.25) is 5.91 Å². The van der Waals surface area contributed by atoms with E-state index in [1.807, 2.05) is 91.9 Å². The molecule has 0 atom stereocenters. The summed E-state index contributed by atoms with van der Waals surface area (Å²) in [7, 11) is 0. The number of nitrogens with one attached hydrogen (secondary N) is 2. The van der Waals surface area contributed by atoms with Gasteiger partial charge in [-0.2, -0.15) is 0 Å². The van der Waals surface area contributed by atoms with Gasteiger partial charge in [-0.3, -0.25) is 9.59 Å². The summed E-state index contributed by atoms with van der Waals surface area (Å²) >= 11 is 0. The van der Waals surface area contributed by atoms with Crippen molar-refractivity contribution in [2.24, 2.45) is 0 Å². The zero-order valence-corrected chi connectivity index (χ0v) is 21.3. The number of anilines is 3. The van der Waals surface area contributed by atoms with E-state index in [-0.39, 0.29) is 18.4 Å². The minimum Gasteiger partial charge on any atom is -0.490 e. The molecular weight excluding hydrogens is 478 g/mol. The van der Waals surface area contributed by atoms with Crippen molar-refractivity contribution in [2.45, 2.75) is 6.92 Å². The summed E-state index contributed by atoms with van der Waals surface area (Å²) in [6.45, 7) is 3.41. The molecule has 0 bridgehead atoms. The lowest BCUT2D eigenvalue weighted by Gasteiger charge is -2.21. The predicted molar refractivity (Wildman–Crippen MR) is 151 cm³/mol. The van der Waals surface area contributed by atoms with Crippen LogP contribution in [0.25, 0.3) is 0 Å². The lowest BCUT2D eigenvalue weighted by atomic mass is 10.1. The molecule has 0 radical (unpaired) electrons. The standard InChI is InChI=1S/C31H31N3O4/c1-2-34(27-12-5-3-6-13-27)31(36)24-10-9-11-26(22-24)33-30(35)23-32-25-16-18-29(19-17-25)38-21-20-37-28-14-7-4-8-15-28/h3-19,22,32H,2,20-21,23H2,1H3,(H,33,35). The number of nitrogens with zero attached hydrogens (tertiary/aromatic N) is 1. The number of carbonyl (C=O) groups is 2. The Hall–Kier alpha value is -4.78. The molecule has 38 heavy (non-hydrogen) atoms. The lowest BCUT2D eigenvalue weighted by molar-refractivity contribution is -0.114. The number of benzene rings is 4. The minimum absolute atomic E-state index is 0.0778. The molecule has 4 aromatic rings. The van der Waals surface area contributed by atoms with E-state index < -0.39 is 0 Å². The molecule has 0 aliphatic carbocycles. The number of hydrogen-bond acceptors (Lipinski definition) is 5. The number of hydrogen-bond donors (Lipinski definition) is 2. The Morgan fingerprint density at radius 3 is 2.00 bits per heavy atom. The van der Waals surface area contributed by atoms with E-state index in [0.717, 1.165) is 22.9 Å². The summed E-state index contributed by atoms with van der Waals surface area (Å²) in [5, 5.41) is 5.95. The second-order valence-electron chi connectivity index (χ2n) is 8.40. The van der Waals surface area contributed by atoms with E-state index in [1.165, 1.54) is 0 Å². The lowest BCUT2D eigenvalue weighted by Crippen LogP contribution is -2.30. The largest absolute Gasteiger partial charge is 0.490 e. The molecule has 4 aromatic carbocycles. The van der Waals surface area contributed by atoms with Crippen LogP contribution in [0.2, 0.25) is 0 Å². The second-order valence-corrected chi connectivity index (χ2v) is 8.40. The van der Waals surface area contributed by atoms with Crippen LogP contribution in [0.5, 0.6) is 11.5 Å². The topological polar surface area (TPSA) is 79.9 Å². The SMILES string of the molecule is CCN(C(=O)c1cccc(NC(=O)CNc2ccc(OCCOc3ccccc3)cc2)c1)c1ccccc1. The monoisotopic (exact) mass is 509 g/mol. The molecule has 0 heterocycles. The molecular formula is C31H31N3O4. The third-order valence-electron chi connectivity index (χ3n) is 5.69. The van der Waals surface area contributed by atoms with Crippen LogP contribution in [0.1, 0.15) is 17.3 Å². The Labute approximate surface area is 223 Å². The van der Waals surface area contributed by atoms with Gasteiger partial charge in [-0.05, 0) is 73.7 Å². The Bertz CT molecular complexity index is 1310. The van der Waals surface area contributed by atoms with Crippen LogP contribution in [-0.4, -0.2) is 38.1 Å². The first-order valence-corrected chi connectivity index (χ1v) is 12.5. The Kier molecular flexibility index (Phi) is 9.34. The van der Waals surface area contributed by atoms with Gasteiger partial charge in [-0.25, -0.2) is 0 Å². The van der Waals surface area contributed by atoms with E-state index in [4.69, 9.17) is 9.47 Å². The normalized spacial score (nSPS) is 10.3. The average molecular weight is 510 g/mol. The molecule has 4 rings (SSSR count). The molecule has 0 aromatic heterocycles. The van der Waals surface area contributed by atoms with Crippen LogP contribution in [0.4, 0.5) is 17.1 Å². The molecule has 7 nitrogen and oxygen atoms in total. The van der Waals surface area contributed by atoms with Gasteiger partial charge < -0.3 is 25.0 Å². The zero-order valence-electron chi connectivity index (χ0n) is 21.3. The fourth-order valence-corrected chi connectivity index (χ4v) is 3.83. The molecule has 7 heteroatoms. The third-order valence-corrected chi connectivity index (χ3v) is 5.69. The third kappa shape index (κ3) is 7.61. The van der Waals surface area contributed by atoms with Crippen molar-refractivity contribution in [3.05, 3.63) is 115 Å². The highest BCUT2D eigenvalue weighted by Gasteiger charge is 2.16. The van der Waals surface area contributed by atoms with Gasteiger partial charge in [-0.1, -0.05) is 42.5 Å². The highest BCUT2D eigenvalue weighted by Crippen LogP contribution is 2.19. The first-order valence-electron chi connectivity index (χ1n) is 12.5. The Morgan fingerprint density at radius 2 is 1.34 bits per heavy atom. The van der Waals surface area contributed by atoms with Crippen molar-refractivity contribution >= 4 is 28.9 Å². The first-order chi connectivity index (χ1) is 18.6. The number of carbonyl (C=O) groups excluding carboxylic acids is 2. The maximum absolute atomic E-state index is 13.1. The molecule has 194 valence electrons. The number of ether oxygens (including phenoxy) is 2. The van der Waals surface area contributed by atoms with Crippen LogP contribution < -0.4 is 25.0 Å². The maximum atomic E-state index is 13.1. The predicted octanol–water partition coefficient (Wildman–Crippen LogP) is 5.86. The summed E-state index contributed by atoms with van der Waals surface area (Å²) in [6.07, 6.45) is 0. The molecule has 2 N–H and O–H groups in total. The van der Waals surface area contributed by atoms with Gasteiger partial charge in [0.25, 0.3) is 5.91 Å².